The molecule has 0 aromatic carbocycles. The smallest absolute Gasteiger partial charge is 0.0220 e. The van der Waals surface area contributed by atoms with E-state index < -0.39 is 0 Å². The van der Waals surface area contributed by atoms with Gasteiger partial charge in [0.1, 0.15) is 0 Å². The largest absolute Gasteiger partial charge is 0.273 e. The number of allylic oxidation sites excluding steroid dienone is 1. The van der Waals surface area contributed by atoms with Gasteiger partial charge in [0.2, 0.25) is 0 Å². The maximum Gasteiger partial charge on any atom is 0.0220 e. The molecular weight excluding hydrogens is 110 g/mol. The van der Waals surface area contributed by atoms with Crippen molar-refractivity contribution in [3.63, 3.8) is 0 Å². The molecule has 0 rings (SSSR count). The van der Waals surface area contributed by atoms with Gasteiger partial charge in [-0.1, -0.05) is 26.3 Å². The van der Waals surface area contributed by atoms with Gasteiger partial charge in [-0.25, -0.2) is 0 Å². The number of rotatable bonds is 4. The van der Waals surface area contributed by atoms with Crippen LogP contribution in [-0.2, 0) is 0 Å². The van der Waals surface area contributed by atoms with Gasteiger partial charge in [0.25, 0.3) is 0 Å². The van der Waals surface area contributed by atoms with Gasteiger partial charge in [0.05, 0.1) is 0 Å². The molecule has 0 saturated heterocycles. The van der Waals surface area contributed by atoms with E-state index in [1.54, 1.807) is 6.20 Å². The highest BCUT2D eigenvalue weighted by Gasteiger charge is 1.91. The third-order valence-corrected chi connectivity index (χ3v) is 1.45. The lowest BCUT2D eigenvalue weighted by Crippen LogP contribution is -1.87. The summed E-state index contributed by atoms with van der Waals surface area (Å²) < 4.78 is 0. The summed E-state index contributed by atoms with van der Waals surface area (Å²) in [6, 6.07) is 0. The Morgan fingerprint density at radius 1 is 1.67 bits per heavy atom. The van der Waals surface area contributed by atoms with E-state index in [9.17, 15) is 0 Å². The van der Waals surface area contributed by atoms with Gasteiger partial charge in [-0.3, -0.25) is 4.99 Å². The van der Waals surface area contributed by atoms with Crippen LogP contribution in [0.1, 0.15) is 26.7 Å². The fourth-order valence-electron chi connectivity index (χ4n) is 0.534. The normalized spacial score (nSPS) is 14.0. The zero-order valence-corrected chi connectivity index (χ0v) is 6.30. The fourth-order valence-corrected chi connectivity index (χ4v) is 0.534. The van der Waals surface area contributed by atoms with Crippen molar-refractivity contribution < 1.29 is 0 Å². The van der Waals surface area contributed by atoms with Crippen LogP contribution in [0.4, 0.5) is 0 Å². The first-order valence-corrected chi connectivity index (χ1v) is 3.42. The Hall–Kier alpha value is -0.590. The summed E-state index contributed by atoms with van der Waals surface area (Å²) in [5.74, 6) is 0.781. The summed E-state index contributed by atoms with van der Waals surface area (Å²) >= 11 is 0. The minimum absolute atomic E-state index is 0.781. The first-order valence-electron chi connectivity index (χ1n) is 3.42. The van der Waals surface area contributed by atoms with Crippen LogP contribution in [0.25, 0.3) is 0 Å². The standard InChI is InChI=1S/C8H15N/c1-4-8(2)6-5-7-9-3/h5,7-8H,3-4,6H2,1-2H3/b7-5-. The highest BCUT2D eigenvalue weighted by molar-refractivity contribution is 5.25. The monoisotopic (exact) mass is 125 g/mol. The predicted octanol–water partition coefficient (Wildman–Crippen LogP) is 2.64. The summed E-state index contributed by atoms with van der Waals surface area (Å²) in [6.45, 7) is 7.77. The van der Waals surface area contributed by atoms with Gasteiger partial charge in [-0.05, 0) is 19.1 Å². The third-order valence-electron chi connectivity index (χ3n) is 1.45. The molecule has 0 spiro atoms. The fraction of sp³-hybridized carbons (Fsp3) is 0.625. The zero-order valence-electron chi connectivity index (χ0n) is 6.30. The number of aliphatic imine (C=N–C) groups is 1. The Morgan fingerprint density at radius 2 is 2.33 bits per heavy atom. The molecule has 1 unspecified atom stereocenters. The van der Waals surface area contributed by atoms with Crippen LogP contribution in [0.3, 0.4) is 0 Å². The molecule has 0 aliphatic carbocycles. The molecule has 9 heavy (non-hydrogen) atoms. The van der Waals surface area contributed by atoms with Crippen molar-refractivity contribution in [2.75, 3.05) is 0 Å². The molecule has 0 aromatic rings. The second-order valence-electron chi connectivity index (χ2n) is 2.32. The van der Waals surface area contributed by atoms with Gasteiger partial charge in [0, 0.05) is 6.20 Å². The van der Waals surface area contributed by atoms with Crippen LogP contribution >= 0.6 is 0 Å². The quantitative estimate of drug-likeness (QED) is 0.512. The van der Waals surface area contributed by atoms with Gasteiger partial charge in [-0.2, -0.15) is 0 Å². The lowest BCUT2D eigenvalue weighted by Gasteiger charge is -2.00. The SMILES string of the molecule is C=N/C=C\CC(C)CC. The number of nitrogens with zero attached hydrogens (tertiary/aromatic N) is 1. The minimum Gasteiger partial charge on any atom is -0.273 e. The van der Waals surface area contributed by atoms with Crippen molar-refractivity contribution in [2.24, 2.45) is 10.9 Å². The summed E-state index contributed by atoms with van der Waals surface area (Å²) in [5, 5.41) is 0. The van der Waals surface area contributed by atoms with Crippen LogP contribution in [0, 0.1) is 5.92 Å². The van der Waals surface area contributed by atoms with Crippen molar-refractivity contribution in [3.8, 4) is 0 Å². The highest BCUT2D eigenvalue weighted by atomic mass is 14.6. The average Bonchev–Trinajstić information content (AvgIpc) is 1.89. The summed E-state index contributed by atoms with van der Waals surface area (Å²) in [6.07, 6.45) is 6.17. The second-order valence-corrected chi connectivity index (χ2v) is 2.32. The number of hydrogen-bond acceptors (Lipinski definition) is 1. The lowest BCUT2D eigenvalue weighted by atomic mass is 10.1. The molecule has 52 valence electrons. The third kappa shape index (κ3) is 5.28. The van der Waals surface area contributed by atoms with E-state index >= 15 is 0 Å². The Balaban J connectivity index is 3.25. The minimum atomic E-state index is 0.781. The van der Waals surface area contributed by atoms with Crippen LogP contribution in [0.2, 0.25) is 0 Å². The van der Waals surface area contributed by atoms with E-state index in [1.807, 2.05) is 0 Å². The van der Waals surface area contributed by atoms with Gasteiger partial charge >= 0.3 is 0 Å². The van der Waals surface area contributed by atoms with Gasteiger partial charge in [0.15, 0.2) is 0 Å². The van der Waals surface area contributed by atoms with E-state index in [0.29, 0.717) is 0 Å². The maximum atomic E-state index is 3.61. The topological polar surface area (TPSA) is 12.4 Å². The molecule has 1 nitrogen and oxygen atoms in total. The van der Waals surface area contributed by atoms with E-state index in [2.05, 4.69) is 31.6 Å². The lowest BCUT2D eigenvalue weighted by molar-refractivity contribution is 0.571. The molecule has 0 radical (unpaired) electrons. The Bertz CT molecular complexity index is 94.7. The molecule has 1 heteroatoms. The molecule has 1 atom stereocenters. The van der Waals surface area contributed by atoms with Crippen LogP contribution < -0.4 is 0 Å². The first-order chi connectivity index (χ1) is 4.31. The van der Waals surface area contributed by atoms with E-state index in [4.69, 9.17) is 0 Å². The molecule has 0 N–H and O–H groups in total. The maximum absolute atomic E-state index is 3.61. The zero-order chi connectivity index (χ0) is 7.11. The van der Waals surface area contributed by atoms with Crippen molar-refractivity contribution in [1.82, 2.24) is 0 Å². The molecule has 0 aliphatic heterocycles. The van der Waals surface area contributed by atoms with Crippen molar-refractivity contribution >= 4 is 6.72 Å². The molecule has 0 heterocycles. The van der Waals surface area contributed by atoms with Gasteiger partial charge in [-0.15, -0.1) is 0 Å². The summed E-state index contributed by atoms with van der Waals surface area (Å²) in [4.78, 5) is 3.61. The Kier molecular flexibility index (Phi) is 5.18. The predicted molar refractivity (Wildman–Crippen MR) is 42.8 cm³/mol. The molecule has 0 bridgehead atoms. The Labute approximate surface area is 57.5 Å². The van der Waals surface area contributed by atoms with E-state index in [-0.39, 0.29) is 0 Å². The molecule has 0 saturated carbocycles. The van der Waals surface area contributed by atoms with Crippen molar-refractivity contribution in [3.05, 3.63) is 12.3 Å². The molecule has 0 aromatic heterocycles. The highest BCUT2D eigenvalue weighted by Crippen LogP contribution is 2.05. The van der Waals surface area contributed by atoms with Crippen LogP contribution in [0.15, 0.2) is 17.3 Å². The van der Waals surface area contributed by atoms with Crippen LogP contribution in [0.5, 0.6) is 0 Å². The van der Waals surface area contributed by atoms with Crippen molar-refractivity contribution in [1.29, 1.82) is 0 Å². The molecule has 0 amide bonds. The molecule has 0 aliphatic rings. The van der Waals surface area contributed by atoms with E-state index in [0.717, 1.165) is 12.3 Å². The molecular formula is C8H15N. The van der Waals surface area contributed by atoms with Crippen molar-refractivity contribution in [2.45, 2.75) is 26.7 Å². The molecule has 0 fully saturated rings. The second kappa shape index (κ2) is 5.54. The summed E-state index contributed by atoms with van der Waals surface area (Å²) in [5.41, 5.74) is 0. The van der Waals surface area contributed by atoms with E-state index in [1.165, 1.54) is 6.42 Å². The number of hydrogen-bond donors (Lipinski definition) is 0. The first kappa shape index (κ1) is 8.41. The van der Waals surface area contributed by atoms with Gasteiger partial charge < -0.3 is 0 Å². The Morgan fingerprint density at radius 3 is 2.78 bits per heavy atom. The van der Waals surface area contributed by atoms with Crippen LogP contribution in [-0.4, -0.2) is 6.72 Å². The summed E-state index contributed by atoms with van der Waals surface area (Å²) in [7, 11) is 0. The average molecular weight is 125 g/mol.